The van der Waals surface area contributed by atoms with E-state index < -0.39 is 0 Å². The van der Waals surface area contributed by atoms with Crippen LogP contribution < -0.4 is 5.32 Å². The summed E-state index contributed by atoms with van der Waals surface area (Å²) >= 11 is 0. The average molecular weight is 245 g/mol. The molecule has 2 N–H and O–H groups in total. The molecule has 2 aliphatic rings. The second-order valence-electron chi connectivity index (χ2n) is 5.57. The number of carbonyl (C=O) groups excluding carboxylic acids is 1. The fourth-order valence-corrected chi connectivity index (χ4v) is 3.89. The molecule has 0 radical (unpaired) electrons. The third-order valence-corrected chi connectivity index (χ3v) is 5.03. The van der Waals surface area contributed by atoms with Gasteiger partial charge in [0, 0.05) is 11.0 Å². The Bertz CT molecular complexity index is 511. The molecule has 0 saturated carbocycles. The van der Waals surface area contributed by atoms with Gasteiger partial charge in [-0.1, -0.05) is 13.8 Å². The summed E-state index contributed by atoms with van der Waals surface area (Å²) in [6.45, 7) is 5.22. The van der Waals surface area contributed by atoms with Gasteiger partial charge in [0.05, 0.1) is 6.04 Å². The van der Waals surface area contributed by atoms with Crippen LogP contribution in [0.15, 0.2) is 18.2 Å². The second-order valence-corrected chi connectivity index (χ2v) is 5.57. The summed E-state index contributed by atoms with van der Waals surface area (Å²) in [6, 6.07) is 5.14. The molecule has 2 bridgehead atoms. The molecule has 18 heavy (non-hydrogen) atoms. The van der Waals surface area contributed by atoms with E-state index in [1.165, 1.54) is 0 Å². The molecule has 96 valence electrons. The first kappa shape index (κ1) is 11.7. The summed E-state index contributed by atoms with van der Waals surface area (Å²) in [5.74, 6) is 0.734. The van der Waals surface area contributed by atoms with Gasteiger partial charge in [0.1, 0.15) is 5.75 Å². The van der Waals surface area contributed by atoms with E-state index in [0.717, 1.165) is 30.5 Å². The van der Waals surface area contributed by atoms with Crippen molar-refractivity contribution in [2.75, 3.05) is 6.54 Å². The van der Waals surface area contributed by atoms with Gasteiger partial charge in [-0.15, -0.1) is 0 Å². The Hall–Kier alpha value is -1.35. The Kier molecular flexibility index (Phi) is 2.49. The van der Waals surface area contributed by atoms with Gasteiger partial charge in [0.2, 0.25) is 0 Å². The first-order chi connectivity index (χ1) is 8.60. The van der Waals surface area contributed by atoms with Crippen LogP contribution in [-0.4, -0.2) is 23.5 Å². The summed E-state index contributed by atoms with van der Waals surface area (Å²) in [5, 5.41) is 13.1. The molecule has 1 saturated heterocycles. The third-order valence-electron chi connectivity index (χ3n) is 5.03. The van der Waals surface area contributed by atoms with Crippen molar-refractivity contribution in [2.24, 2.45) is 5.92 Å². The molecule has 0 amide bonds. The molecule has 1 aromatic carbocycles. The number of nitrogens with one attached hydrogen (secondary N) is 1. The van der Waals surface area contributed by atoms with Crippen molar-refractivity contribution in [3.63, 3.8) is 0 Å². The number of phenolic OH excluding ortho intramolecular Hbond substituents is 1. The molecule has 3 atom stereocenters. The number of aromatic hydroxyl groups is 1. The number of rotatable bonds is 1. The van der Waals surface area contributed by atoms with Gasteiger partial charge in [-0.3, -0.25) is 4.79 Å². The Balaban J connectivity index is 2.27. The van der Waals surface area contributed by atoms with Crippen molar-refractivity contribution in [2.45, 2.75) is 38.1 Å². The summed E-state index contributed by atoms with van der Waals surface area (Å²) in [6.07, 6.45) is 2.04. The van der Waals surface area contributed by atoms with Crippen molar-refractivity contribution in [1.82, 2.24) is 5.32 Å². The molecule has 1 heterocycles. The molecule has 3 rings (SSSR count). The minimum absolute atomic E-state index is 0.0396. The number of ketones is 1. The van der Waals surface area contributed by atoms with E-state index in [1.807, 2.05) is 0 Å². The van der Waals surface area contributed by atoms with Crippen LogP contribution in [0.4, 0.5) is 0 Å². The van der Waals surface area contributed by atoms with E-state index in [2.05, 4.69) is 19.2 Å². The fraction of sp³-hybridized carbons (Fsp3) is 0.533. The van der Waals surface area contributed by atoms with E-state index >= 15 is 0 Å². The van der Waals surface area contributed by atoms with Crippen molar-refractivity contribution in [3.8, 4) is 5.75 Å². The lowest BCUT2D eigenvalue weighted by molar-refractivity contribution is 0.0733. The summed E-state index contributed by atoms with van der Waals surface area (Å²) < 4.78 is 0. The Morgan fingerprint density at radius 3 is 3.00 bits per heavy atom. The minimum atomic E-state index is -0.0595. The second kappa shape index (κ2) is 3.82. The highest BCUT2D eigenvalue weighted by atomic mass is 16.3. The highest BCUT2D eigenvalue weighted by molar-refractivity contribution is 6.03. The highest BCUT2D eigenvalue weighted by Gasteiger charge is 2.51. The standard InChI is InChI=1S/C15H19NO2/c1-3-15-6-7-16-13(9(15)2)14(18)11-5-4-10(17)8-12(11)15/h4-5,8-9,13,16-17H,3,6-7H2,1-2H3/t9-,13?,15-/m0/s1. The summed E-state index contributed by atoms with van der Waals surface area (Å²) in [5.41, 5.74) is 1.89. The zero-order chi connectivity index (χ0) is 12.9. The van der Waals surface area contributed by atoms with Gasteiger partial charge in [-0.25, -0.2) is 0 Å². The number of piperidine rings is 1. The molecular formula is C15H19NO2. The quantitative estimate of drug-likeness (QED) is 0.797. The van der Waals surface area contributed by atoms with Crippen LogP contribution in [-0.2, 0) is 5.41 Å². The fourth-order valence-electron chi connectivity index (χ4n) is 3.89. The maximum absolute atomic E-state index is 12.5. The predicted octanol–water partition coefficient (Wildman–Crippen LogP) is 2.23. The predicted molar refractivity (Wildman–Crippen MR) is 70.0 cm³/mol. The zero-order valence-electron chi connectivity index (χ0n) is 10.9. The first-order valence-electron chi connectivity index (χ1n) is 6.71. The smallest absolute Gasteiger partial charge is 0.180 e. The Labute approximate surface area is 107 Å². The van der Waals surface area contributed by atoms with E-state index in [9.17, 15) is 9.90 Å². The number of hydrogen-bond acceptors (Lipinski definition) is 3. The molecule has 1 unspecified atom stereocenters. The monoisotopic (exact) mass is 245 g/mol. The van der Waals surface area contributed by atoms with E-state index in [4.69, 9.17) is 0 Å². The molecular weight excluding hydrogens is 226 g/mol. The lowest BCUT2D eigenvalue weighted by Crippen LogP contribution is -2.60. The lowest BCUT2D eigenvalue weighted by Gasteiger charge is -2.51. The van der Waals surface area contributed by atoms with Crippen molar-refractivity contribution < 1.29 is 9.90 Å². The van der Waals surface area contributed by atoms with Gasteiger partial charge >= 0.3 is 0 Å². The van der Waals surface area contributed by atoms with Gasteiger partial charge in [0.25, 0.3) is 0 Å². The van der Waals surface area contributed by atoms with Crippen LogP contribution in [0.5, 0.6) is 5.75 Å². The maximum Gasteiger partial charge on any atom is 0.180 e. The van der Waals surface area contributed by atoms with Crippen LogP contribution in [0.2, 0.25) is 0 Å². The SMILES string of the molecule is CC[C@@]12CCNC(C(=O)c3ccc(O)cc31)[C@@H]2C. The number of benzene rings is 1. The summed E-state index contributed by atoms with van der Waals surface area (Å²) in [7, 11) is 0. The van der Waals surface area contributed by atoms with Gasteiger partial charge in [0.15, 0.2) is 5.78 Å². The lowest BCUT2D eigenvalue weighted by atomic mass is 9.57. The molecule has 0 aromatic heterocycles. The van der Waals surface area contributed by atoms with Gasteiger partial charge in [-0.2, -0.15) is 0 Å². The Morgan fingerprint density at radius 2 is 2.28 bits per heavy atom. The van der Waals surface area contributed by atoms with Gasteiger partial charge < -0.3 is 10.4 Å². The molecule has 3 heteroatoms. The summed E-state index contributed by atoms with van der Waals surface area (Å²) in [4.78, 5) is 12.5. The van der Waals surface area contributed by atoms with E-state index in [1.54, 1.807) is 18.2 Å². The molecule has 1 fully saturated rings. The largest absolute Gasteiger partial charge is 0.508 e. The number of Topliss-reactive ketones (excluding diaryl/α,β-unsaturated/α-hetero) is 1. The van der Waals surface area contributed by atoms with Gasteiger partial charge in [-0.05, 0) is 49.1 Å². The zero-order valence-corrected chi connectivity index (χ0v) is 10.9. The van der Waals surface area contributed by atoms with Crippen LogP contribution >= 0.6 is 0 Å². The Morgan fingerprint density at radius 1 is 1.50 bits per heavy atom. The number of hydrogen-bond donors (Lipinski definition) is 2. The number of phenols is 1. The van der Waals surface area contributed by atoms with Crippen LogP contribution in [0, 0.1) is 5.92 Å². The van der Waals surface area contributed by atoms with Crippen molar-refractivity contribution in [1.29, 1.82) is 0 Å². The molecule has 1 aromatic rings. The topological polar surface area (TPSA) is 49.3 Å². The number of carbonyl (C=O) groups is 1. The molecule has 0 spiro atoms. The highest BCUT2D eigenvalue weighted by Crippen LogP contribution is 2.49. The van der Waals surface area contributed by atoms with Crippen LogP contribution in [0.3, 0.4) is 0 Å². The minimum Gasteiger partial charge on any atom is -0.508 e. The maximum atomic E-state index is 12.5. The van der Waals surface area contributed by atoms with Crippen LogP contribution in [0.25, 0.3) is 0 Å². The van der Waals surface area contributed by atoms with Crippen molar-refractivity contribution in [3.05, 3.63) is 29.3 Å². The first-order valence-corrected chi connectivity index (χ1v) is 6.71. The molecule has 1 aliphatic heterocycles. The van der Waals surface area contributed by atoms with E-state index in [-0.39, 0.29) is 28.9 Å². The van der Waals surface area contributed by atoms with Crippen molar-refractivity contribution >= 4 is 5.78 Å². The molecule has 1 aliphatic carbocycles. The third kappa shape index (κ3) is 1.31. The average Bonchev–Trinajstić information content (AvgIpc) is 2.37. The molecule has 3 nitrogen and oxygen atoms in total. The van der Waals surface area contributed by atoms with Crippen LogP contribution in [0.1, 0.15) is 42.6 Å². The van der Waals surface area contributed by atoms with E-state index in [0.29, 0.717) is 0 Å². The number of fused-ring (bicyclic) bond motifs is 4. The normalized spacial score (nSPS) is 34.2.